The van der Waals surface area contributed by atoms with E-state index in [9.17, 15) is 4.79 Å². The van der Waals surface area contributed by atoms with E-state index < -0.39 is 0 Å². The van der Waals surface area contributed by atoms with E-state index in [1.54, 1.807) is 10.9 Å². The second-order valence-corrected chi connectivity index (χ2v) is 6.37. The summed E-state index contributed by atoms with van der Waals surface area (Å²) < 4.78 is 7.43. The van der Waals surface area contributed by atoms with Gasteiger partial charge >= 0.3 is 0 Å². The minimum Gasteiger partial charge on any atom is -0.396 e. The number of amides is 1. The van der Waals surface area contributed by atoms with E-state index in [0.29, 0.717) is 31.7 Å². The molecule has 0 unspecified atom stereocenters. The summed E-state index contributed by atoms with van der Waals surface area (Å²) in [5.74, 6) is 0.0285. The molecular weight excluding hydrogens is 318 g/mol. The van der Waals surface area contributed by atoms with Gasteiger partial charge in [0.25, 0.3) is 5.91 Å². The SMILES string of the molecule is Cn1cc(C(=O)N2CCC(OCCCO)CC2)c(-c2ccccc2)n1. The Balaban J connectivity index is 1.67. The average molecular weight is 343 g/mol. The molecule has 1 aromatic carbocycles. The van der Waals surface area contributed by atoms with Crippen LogP contribution in [0.2, 0.25) is 0 Å². The van der Waals surface area contributed by atoms with Gasteiger partial charge in [-0.15, -0.1) is 0 Å². The largest absolute Gasteiger partial charge is 0.396 e. The lowest BCUT2D eigenvalue weighted by molar-refractivity contribution is 0.00399. The van der Waals surface area contributed by atoms with Gasteiger partial charge in [-0.3, -0.25) is 9.48 Å². The second-order valence-electron chi connectivity index (χ2n) is 6.37. The molecule has 1 saturated heterocycles. The molecule has 1 aliphatic rings. The molecule has 0 radical (unpaired) electrons. The smallest absolute Gasteiger partial charge is 0.257 e. The van der Waals surface area contributed by atoms with Gasteiger partial charge in [0, 0.05) is 45.1 Å². The van der Waals surface area contributed by atoms with Crippen LogP contribution < -0.4 is 0 Å². The lowest BCUT2D eigenvalue weighted by Crippen LogP contribution is -2.41. The fourth-order valence-corrected chi connectivity index (χ4v) is 3.16. The van der Waals surface area contributed by atoms with Crippen molar-refractivity contribution in [1.29, 1.82) is 0 Å². The van der Waals surface area contributed by atoms with Gasteiger partial charge in [0.2, 0.25) is 0 Å². The van der Waals surface area contributed by atoms with Crippen LogP contribution >= 0.6 is 0 Å². The van der Waals surface area contributed by atoms with Crippen LogP contribution in [-0.4, -0.2) is 58.1 Å². The predicted octanol–water partition coefficient (Wildman–Crippen LogP) is 2.09. The van der Waals surface area contributed by atoms with Gasteiger partial charge in [-0.2, -0.15) is 5.10 Å². The summed E-state index contributed by atoms with van der Waals surface area (Å²) in [5.41, 5.74) is 2.33. The summed E-state index contributed by atoms with van der Waals surface area (Å²) >= 11 is 0. The minimum atomic E-state index is 0.0285. The molecular formula is C19H25N3O3. The van der Waals surface area contributed by atoms with Gasteiger partial charge in [-0.1, -0.05) is 30.3 Å². The maximum atomic E-state index is 13.0. The quantitative estimate of drug-likeness (QED) is 0.816. The van der Waals surface area contributed by atoms with Crippen molar-refractivity contribution in [3.8, 4) is 11.3 Å². The van der Waals surface area contributed by atoms with E-state index in [-0.39, 0.29) is 18.6 Å². The summed E-state index contributed by atoms with van der Waals surface area (Å²) in [6, 6.07) is 9.80. The zero-order chi connectivity index (χ0) is 17.6. The number of rotatable bonds is 6. The molecule has 2 heterocycles. The molecule has 1 aliphatic heterocycles. The first-order chi connectivity index (χ1) is 12.2. The van der Waals surface area contributed by atoms with Crippen LogP contribution in [0.1, 0.15) is 29.6 Å². The van der Waals surface area contributed by atoms with E-state index in [1.807, 2.05) is 42.3 Å². The fourth-order valence-electron chi connectivity index (χ4n) is 3.16. The van der Waals surface area contributed by atoms with Crippen molar-refractivity contribution in [3.63, 3.8) is 0 Å². The highest BCUT2D eigenvalue weighted by Gasteiger charge is 2.27. The Morgan fingerprint density at radius 2 is 2.00 bits per heavy atom. The summed E-state index contributed by atoms with van der Waals surface area (Å²) in [6.45, 7) is 2.11. The molecule has 6 heteroatoms. The number of aliphatic hydroxyl groups excluding tert-OH is 1. The maximum Gasteiger partial charge on any atom is 0.257 e. The highest BCUT2D eigenvalue weighted by Crippen LogP contribution is 2.24. The van der Waals surface area contributed by atoms with Crippen molar-refractivity contribution < 1.29 is 14.6 Å². The van der Waals surface area contributed by atoms with Crippen molar-refractivity contribution in [3.05, 3.63) is 42.1 Å². The molecule has 2 aromatic rings. The first kappa shape index (κ1) is 17.6. The highest BCUT2D eigenvalue weighted by molar-refractivity contribution is 5.99. The summed E-state index contributed by atoms with van der Waals surface area (Å²) in [7, 11) is 1.84. The number of hydrogen-bond donors (Lipinski definition) is 1. The Morgan fingerprint density at radius 1 is 1.28 bits per heavy atom. The van der Waals surface area contributed by atoms with Crippen LogP contribution in [-0.2, 0) is 11.8 Å². The topological polar surface area (TPSA) is 67.6 Å². The van der Waals surface area contributed by atoms with Crippen LogP contribution in [0.4, 0.5) is 0 Å². The number of aryl methyl sites for hydroxylation is 1. The molecule has 134 valence electrons. The van der Waals surface area contributed by atoms with Crippen molar-refractivity contribution in [1.82, 2.24) is 14.7 Å². The maximum absolute atomic E-state index is 13.0. The zero-order valence-electron chi connectivity index (χ0n) is 14.6. The normalized spacial score (nSPS) is 15.5. The number of nitrogens with zero attached hydrogens (tertiary/aromatic N) is 3. The Morgan fingerprint density at radius 3 is 2.68 bits per heavy atom. The Labute approximate surface area is 148 Å². The van der Waals surface area contributed by atoms with E-state index in [0.717, 1.165) is 24.1 Å². The molecule has 0 atom stereocenters. The number of aliphatic hydroxyl groups is 1. The molecule has 1 aromatic heterocycles. The standard InChI is InChI=1S/C19H25N3O3/c1-21-14-17(18(20-21)15-6-3-2-4-7-15)19(24)22-10-8-16(9-11-22)25-13-5-12-23/h2-4,6-7,14,16,23H,5,8-13H2,1H3. The number of aromatic nitrogens is 2. The number of likely N-dealkylation sites (tertiary alicyclic amines) is 1. The fraction of sp³-hybridized carbons (Fsp3) is 0.474. The summed E-state index contributed by atoms with van der Waals surface area (Å²) in [6.07, 6.45) is 4.30. The number of ether oxygens (including phenoxy) is 1. The monoisotopic (exact) mass is 343 g/mol. The van der Waals surface area contributed by atoms with Gasteiger partial charge in [-0.05, 0) is 19.3 Å². The van der Waals surface area contributed by atoms with Gasteiger partial charge in [0.15, 0.2) is 0 Å². The average Bonchev–Trinajstić information content (AvgIpc) is 3.04. The molecule has 0 bridgehead atoms. The Hall–Kier alpha value is -2.18. The molecule has 25 heavy (non-hydrogen) atoms. The van der Waals surface area contributed by atoms with Gasteiger partial charge in [0.05, 0.1) is 11.7 Å². The van der Waals surface area contributed by atoms with Crippen LogP contribution in [0.15, 0.2) is 36.5 Å². The van der Waals surface area contributed by atoms with Crippen molar-refractivity contribution >= 4 is 5.91 Å². The Bertz CT molecular complexity index is 691. The number of benzene rings is 1. The number of piperidine rings is 1. The lowest BCUT2D eigenvalue weighted by atomic mass is 10.0. The molecule has 1 N–H and O–H groups in total. The number of hydrogen-bond acceptors (Lipinski definition) is 4. The van der Waals surface area contributed by atoms with Crippen LogP contribution in [0, 0.1) is 0 Å². The highest BCUT2D eigenvalue weighted by atomic mass is 16.5. The summed E-state index contributed by atoms with van der Waals surface area (Å²) in [4.78, 5) is 14.9. The van der Waals surface area contributed by atoms with E-state index in [1.165, 1.54) is 0 Å². The third-order valence-electron chi connectivity index (χ3n) is 4.49. The minimum absolute atomic E-state index is 0.0285. The Kier molecular flexibility index (Phi) is 5.83. The number of carbonyl (C=O) groups excluding carboxylic acids is 1. The predicted molar refractivity (Wildman–Crippen MR) is 95.2 cm³/mol. The van der Waals surface area contributed by atoms with E-state index in [4.69, 9.17) is 9.84 Å². The molecule has 6 nitrogen and oxygen atoms in total. The third kappa shape index (κ3) is 4.27. The van der Waals surface area contributed by atoms with Crippen LogP contribution in [0.5, 0.6) is 0 Å². The van der Waals surface area contributed by atoms with Crippen molar-refractivity contribution in [2.24, 2.45) is 7.05 Å². The second kappa shape index (κ2) is 8.27. The number of carbonyl (C=O) groups is 1. The van der Waals surface area contributed by atoms with Crippen molar-refractivity contribution in [2.75, 3.05) is 26.3 Å². The molecule has 0 aliphatic carbocycles. The van der Waals surface area contributed by atoms with E-state index in [2.05, 4.69) is 5.10 Å². The van der Waals surface area contributed by atoms with Crippen molar-refractivity contribution in [2.45, 2.75) is 25.4 Å². The first-order valence-corrected chi connectivity index (χ1v) is 8.80. The van der Waals surface area contributed by atoms with Crippen LogP contribution in [0.25, 0.3) is 11.3 Å². The van der Waals surface area contributed by atoms with Gasteiger partial charge < -0.3 is 14.7 Å². The third-order valence-corrected chi connectivity index (χ3v) is 4.49. The molecule has 3 rings (SSSR count). The zero-order valence-corrected chi connectivity index (χ0v) is 14.6. The molecule has 1 fully saturated rings. The van der Waals surface area contributed by atoms with Crippen LogP contribution in [0.3, 0.4) is 0 Å². The molecule has 0 spiro atoms. The molecule has 1 amide bonds. The van der Waals surface area contributed by atoms with E-state index >= 15 is 0 Å². The summed E-state index contributed by atoms with van der Waals surface area (Å²) in [5, 5.41) is 13.3. The van der Waals surface area contributed by atoms with Gasteiger partial charge in [0.1, 0.15) is 5.69 Å². The van der Waals surface area contributed by atoms with Gasteiger partial charge in [-0.25, -0.2) is 0 Å². The lowest BCUT2D eigenvalue weighted by Gasteiger charge is -2.32. The molecule has 0 saturated carbocycles. The first-order valence-electron chi connectivity index (χ1n) is 8.80.